The normalized spacial score (nSPS) is 12.5. The van der Waals surface area contributed by atoms with E-state index in [1.807, 2.05) is 11.4 Å². The van der Waals surface area contributed by atoms with Crippen LogP contribution in [0.1, 0.15) is 24.7 Å². The van der Waals surface area contributed by atoms with Gasteiger partial charge in [-0.25, -0.2) is 4.68 Å². The molecule has 0 spiro atoms. The lowest BCUT2D eigenvalue weighted by Gasteiger charge is -2.07. The quantitative estimate of drug-likeness (QED) is 0.855. The highest BCUT2D eigenvalue weighted by molar-refractivity contribution is 7.07. The topological polar surface area (TPSA) is 80.9 Å². The molecule has 0 radical (unpaired) electrons. The molecule has 18 heavy (non-hydrogen) atoms. The monoisotopic (exact) mass is 266 g/mol. The van der Waals surface area contributed by atoms with Crippen LogP contribution in [0.2, 0.25) is 0 Å². The molecule has 0 aliphatic rings. The second-order valence-corrected chi connectivity index (χ2v) is 4.93. The molecule has 1 N–H and O–H groups in total. The number of aromatic nitrogens is 4. The van der Waals surface area contributed by atoms with Crippen molar-refractivity contribution < 1.29 is 9.90 Å². The third-order valence-electron chi connectivity index (χ3n) is 2.74. The summed E-state index contributed by atoms with van der Waals surface area (Å²) in [5, 5.41) is 24.4. The average Bonchev–Trinajstić information content (AvgIpc) is 2.98. The van der Waals surface area contributed by atoms with Crippen LogP contribution in [0.25, 0.3) is 0 Å². The Hall–Kier alpha value is -1.76. The summed E-state index contributed by atoms with van der Waals surface area (Å²) in [7, 11) is 0. The molecule has 0 bridgehead atoms. The van der Waals surface area contributed by atoms with E-state index < -0.39 is 5.97 Å². The van der Waals surface area contributed by atoms with Crippen molar-refractivity contribution >= 4 is 17.3 Å². The first-order valence-electron chi connectivity index (χ1n) is 5.65. The number of hydrogen-bond acceptors (Lipinski definition) is 5. The molecule has 2 aromatic rings. The third kappa shape index (κ3) is 3.13. The van der Waals surface area contributed by atoms with Gasteiger partial charge in [-0.2, -0.15) is 11.3 Å². The molecule has 0 fully saturated rings. The molecule has 2 heterocycles. The first kappa shape index (κ1) is 12.7. The maximum Gasteiger partial charge on any atom is 0.306 e. The van der Waals surface area contributed by atoms with Crippen molar-refractivity contribution in [3.8, 4) is 0 Å². The molecule has 0 saturated heterocycles. The third-order valence-corrected chi connectivity index (χ3v) is 3.48. The largest absolute Gasteiger partial charge is 0.481 e. The number of aryl methyl sites for hydroxylation is 1. The molecular formula is C11H14N4O2S. The number of carboxylic acids is 1. The fraction of sp³-hybridized carbons (Fsp3) is 0.455. The van der Waals surface area contributed by atoms with Gasteiger partial charge in [-0.1, -0.05) is 6.92 Å². The molecule has 2 rings (SSSR count). The van der Waals surface area contributed by atoms with Gasteiger partial charge in [0.25, 0.3) is 0 Å². The average molecular weight is 266 g/mol. The van der Waals surface area contributed by atoms with Crippen molar-refractivity contribution in [1.29, 1.82) is 0 Å². The van der Waals surface area contributed by atoms with Crippen LogP contribution >= 0.6 is 11.3 Å². The number of nitrogens with zero attached hydrogens (tertiary/aromatic N) is 4. The number of carboxylic acid groups (broad SMARTS) is 1. The van der Waals surface area contributed by atoms with Crippen LogP contribution < -0.4 is 0 Å². The fourth-order valence-electron chi connectivity index (χ4n) is 1.54. The van der Waals surface area contributed by atoms with Crippen molar-refractivity contribution in [2.75, 3.05) is 0 Å². The molecule has 1 atom stereocenters. The Morgan fingerprint density at radius 2 is 2.44 bits per heavy atom. The molecule has 0 aliphatic heterocycles. The molecule has 1 unspecified atom stereocenters. The summed E-state index contributed by atoms with van der Waals surface area (Å²) in [6, 6.07) is 2.03. The van der Waals surface area contributed by atoms with Gasteiger partial charge >= 0.3 is 5.97 Å². The molecular weight excluding hydrogens is 252 g/mol. The Bertz CT molecular complexity index is 509. The van der Waals surface area contributed by atoms with E-state index in [9.17, 15) is 4.79 Å². The van der Waals surface area contributed by atoms with E-state index in [-0.39, 0.29) is 5.92 Å². The number of carbonyl (C=O) groups is 1. The smallest absolute Gasteiger partial charge is 0.306 e. The lowest BCUT2D eigenvalue weighted by Crippen LogP contribution is -2.14. The van der Waals surface area contributed by atoms with E-state index in [0.29, 0.717) is 19.4 Å². The molecule has 0 saturated carbocycles. The standard InChI is InChI=1S/C11H14N4O2S/c1-8(11(16)17)2-4-15-10(12-13-14-15)6-9-3-5-18-7-9/h3,5,7-8H,2,4,6H2,1H3,(H,16,17). The summed E-state index contributed by atoms with van der Waals surface area (Å²) in [5.74, 6) is -0.406. The second-order valence-electron chi connectivity index (χ2n) is 4.15. The van der Waals surface area contributed by atoms with Gasteiger partial charge in [-0.05, 0) is 39.2 Å². The lowest BCUT2D eigenvalue weighted by atomic mass is 10.1. The van der Waals surface area contributed by atoms with E-state index >= 15 is 0 Å². The zero-order valence-corrected chi connectivity index (χ0v) is 10.8. The maximum absolute atomic E-state index is 10.7. The van der Waals surface area contributed by atoms with Crippen molar-refractivity contribution in [3.05, 3.63) is 28.2 Å². The Labute approximate surface area is 108 Å². The van der Waals surface area contributed by atoms with Gasteiger partial charge in [0, 0.05) is 13.0 Å². The van der Waals surface area contributed by atoms with Crippen LogP contribution in [0.5, 0.6) is 0 Å². The van der Waals surface area contributed by atoms with Gasteiger partial charge < -0.3 is 5.11 Å². The summed E-state index contributed by atoms with van der Waals surface area (Å²) in [5.41, 5.74) is 1.17. The molecule has 0 aromatic carbocycles. The van der Waals surface area contributed by atoms with E-state index in [1.54, 1.807) is 22.9 Å². The van der Waals surface area contributed by atoms with Crippen LogP contribution in [0.3, 0.4) is 0 Å². The van der Waals surface area contributed by atoms with Crippen LogP contribution in [-0.4, -0.2) is 31.3 Å². The van der Waals surface area contributed by atoms with Gasteiger partial charge in [-0.15, -0.1) is 5.10 Å². The van der Waals surface area contributed by atoms with Crippen molar-refractivity contribution in [3.63, 3.8) is 0 Å². The van der Waals surface area contributed by atoms with Gasteiger partial charge in [0.15, 0.2) is 5.82 Å². The zero-order valence-electron chi connectivity index (χ0n) is 9.98. The summed E-state index contributed by atoms with van der Waals surface area (Å²) >= 11 is 1.63. The Kier molecular flexibility index (Phi) is 4.03. The number of aliphatic carboxylic acids is 1. The first-order valence-corrected chi connectivity index (χ1v) is 6.60. The first-order chi connectivity index (χ1) is 8.66. The van der Waals surface area contributed by atoms with E-state index in [0.717, 1.165) is 5.82 Å². The minimum atomic E-state index is -0.789. The highest BCUT2D eigenvalue weighted by atomic mass is 32.1. The molecule has 96 valence electrons. The minimum Gasteiger partial charge on any atom is -0.481 e. The summed E-state index contributed by atoms with van der Waals surface area (Å²) < 4.78 is 1.68. The van der Waals surface area contributed by atoms with Crippen LogP contribution in [0.15, 0.2) is 16.8 Å². The molecule has 0 aliphatic carbocycles. The second kappa shape index (κ2) is 5.72. The van der Waals surface area contributed by atoms with E-state index in [4.69, 9.17) is 5.11 Å². The fourth-order valence-corrected chi connectivity index (χ4v) is 2.21. The number of thiophene rings is 1. The van der Waals surface area contributed by atoms with Crippen molar-refractivity contribution in [2.24, 2.45) is 5.92 Å². The van der Waals surface area contributed by atoms with Crippen LogP contribution in [0.4, 0.5) is 0 Å². The molecule has 7 heteroatoms. The maximum atomic E-state index is 10.7. The van der Waals surface area contributed by atoms with Gasteiger partial charge in [-0.3, -0.25) is 4.79 Å². The van der Waals surface area contributed by atoms with Crippen LogP contribution in [0, 0.1) is 5.92 Å². The van der Waals surface area contributed by atoms with E-state index in [1.165, 1.54) is 5.56 Å². The number of rotatable bonds is 6. The van der Waals surface area contributed by atoms with Crippen LogP contribution in [-0.2, 0) is 17.8 Å². The van der Waals surface area contributed by atoms with Gasteiger partial charge in [0.2, 0.25) is 0 Å². The van der Waals surface area contributed by atoms with Gasteiger partial charge in [0.1, 0.15) is 0 Å². The zero-order chi connectivity index (χ0) is 13.0. The highest BCUT2D eigenvalue weighted by Gasteiger charge is 2.13. The minimum absolute atomic E-state index is 0.386. The predicted molar refractivity (Wildman–Crippen MR) is 66.4 cm³/mol. The Morgan fingerprint density at radius 1 is 1.61 bits per heavy atom. The summed E-state index contributed by atoms with van der Waals surface area (Å²) in [4.78, 5) is 10.7. The molecule has 6 nitrogen and oxygen atoms in total. The molecule has 2 aromatic heterocycles. The highest BCUT2D eigenvalue weighted by Crippen LogP contribution is 2.11. The summed E-state index contributed by atoms with van der Waals surface area (Å²) in [6.07, 6.45) is 1.20. The number of hydrogen-bond donors (Lipinski definition) is 1. The molecule has 0 amide bonds. The Balaban J connectivity index is 1.97. The van der Waals surface area contributed by atoms with Crippen molar-refractivity contribution in [2.45, 2.75) is 26.3 Å². The lowest BCUT2D eigenvalue weighted by molar-refractivity contribution is -0.141. The Morgan fingerprint density at radius 3 is 3.11 bits per heavy atom. The summed E-state index contributed by atoms with van der Waals surface area (Å²) in [6.45, 7) is 2.21. The number of tetrazole rings is 1. The van der Waals surface area contributed by atoms with Gasteiger partial charge in [0.05, 0.1) is 5.92 Å². The predicted octanol–water partition coefficient (Wildman–Crippen LogP) is 1.44. The van der Waals surface area contributed by atoms with Crippen molar-refractivity contribution in [1.82, 2.24) is 20.2 Å². The van der Waals surface area contributed by atoms with E-state index in [2.05, 4.69) is 20.9 Å². The SMILES string of the molecule is CC(CCn1nnnc1Cc1ccsc1)C(=O)O.